The van der Waals surface area contributed by atoms with Gasteiger partial charge in [-0.05, 0) is 23.3 Å². The largest absolute Gasteiger partial charge is 0.416 e. The van der Waals surface area contributed by atoms with Gasteiger partial charge in [-0.2, -0.15) is 13.2 Å². The number of carbonyl (C=O) groups is 1. The van der Waals surface area contributed by atoms with Gasteiger partial charge < -0.3 is 10.0 Å². The van der Waals surface area contributed by atoms with Crippen LogP contribution in [-0.4, -0.2) is 64.4 Å². The molecule has 1 atom stereocenters. The van der Waals surface area contributed by atoms with Gasteiger partial charge in [-0.15, -0.1) is 0 Å². The molecule has 0 aromatic heterocycles. The van der Waals surface area contributed by atoms with Crippen LogP contribution >= 0.6 is 0 Å². The molecule has 3 aliphatic heterocycles. The number of aliphatic hydroxyl groups excluding tert-OH is 1. The van der Waals surface area contributed by atoms with Gasteiger partial charge in [-0.25, -0.2) is 0 Å². The van der Waals surface area contributed by atoms with Crippen LogP contribution in [0.2, 0.25) is 0 Å². The van der Waals surface area contributed by atoms with Crippen molar-refractivity contribution in [3.63, 3.8) is 0 Å². The van der Waals surface area contributed by atoms with E-state index in [9.17, 15) is 23.1 Å². The highest BCUT2D eigenvalue weighted by Gasteiger charge is 2.41. The van der Waals surface area contributed by atoms with Crippen molar-refractivity contribution in [1.82, 2.24) is 14.7 Å². The lowest BCUT2D eigenvalue weighted by Crippen LogP contribution is -2.54. The van der Waals surface area contributed by atoms with Crippen LogP contribution in [-0.2, 0) is 17.5 Å². The van der Waals surface area contributed by atoms with Gasteiger partial charge in [0.2, 0.25) is 5.96 Å². The zero-order valence-corrected chi connectivity index (χ0v) is 18.5. The Kier molecular flexibility index (Phi) is 5.91. The van der Waals surface area contributed by atoms with Crippen LogP contribution < -0.4 is 0 Å². The van der Waals surface area contributed by atoms with E-state index in [2.05, 4.69) is 14.8 Å². The highest BCUT2D eigenvalue weighted by atomic mass is 19.4. The van der Waals surface area contributed by atoms with Gasteiger partial charge in [-0.3, -0.25) is 19.6 Å². The van der Waals surface area contributed by atoms with Crippen LogP contribution in [0.3, 0.4) is 0 Å². The summed E-state index contributed by atoms with van der Waals surface area (Å²) in [5, 5.41) is 10.6. The van der Waals surface area contributed by atoms with Crippen LogP contribution in [0.5, 0.6) is 0 Å². The number of carbonyl (C=O) groups excluding carboxylic acids is 1. The molecule has 9 heteroatoms. The lowest BCUT2D eigenvalue weighted by atomic mass is 9.99. The number of aliphatic imine (C=N–C) groups is 1. The lowest BCUT2D eigenvalue weighted by molar-refractivity contribution is -0.137. The van der Waals surface area contributed by atoms with Crippen LogP contribution in [0.4, 0.5) is 13.2 Å². The molecule has 2 aromatic carbocycles. The van der Waals surface area contributed by atoms with E-state index in [4.69, 9.17) is 0 Å². The minimum atomic E-state index is -4.40. The highest BCUT2D eigenvalue weighted by molar-refractivity contribution is 6.09. The molecule has 5 rings (SSSR count). The molecule has 0 saturated carbocycles. The molecule has 1 N–H and O–H groups in total. The van der Waals surface area contributed by atoms with E-state index in [1.807, 2.05) is 30.3 Å². The van der Waals surface area contributed by atoms with Crippen molar-refractivity contribution in [3.8, 4) is 0 Å². The van der Waals surface area contributed by atoms with E-state index in [1.54, 1.807) is 4.90 Å². The first-order chi connectivity index (χ1) is 16.3. The minimum Gasteiger partial charge on any atom is -0.387 e. The van der Waals surface area contributed by atoms with Crippen molar-refractivity contribution >= 4 is 11.9 Å². The number of β-amino-alcohol motifs (C(OH)–C–C–N with tert-alkyl or cyclic N) is 1. The highest BCUT2D eigenvalue weighted by Crippen LogP contribution is 2.33. The molecule has 178 valence electrons. The maximum Gasteiger partial charge on any atom is 0.416 e. The Morgan fingerprint density at radius 2 is 1.76 bits per heavy atom. The fourth-order valence-electron chi connectivity index (χ4n) is 4.78. The molecule has 0 bridgehead atoms. The first-order valence-electron chi connectivity index (χ1n) is 11.3. The standard InChI is InChI=1S/C25H25F3N4O2/c26-25(27,28)19-8-6-17(7-9-19)14-32-23(34)20-15-30(16-22(33)18-4-2-1-3-5-18)12-10-21(20)31-13-11-29-24(31)32/h1-9,22,33H,10-16H2. The van der Waals surface area contributed by atoms with Crippen molar-refractivity contribution in [3.05, 3.63) is 82.6 Å². The van der Waals surface area contributed by atoms with Gasteiger partial charge in [0, 0.05) is 38.3 Å². The molecule has 1 amide bonds. The van der Waals surface area contributed by atoms with Gasteiger partial charge in [0.25, 0.3) is 5.91 Å². The zero-order chi connectivity index (χ0) is 23.9. The maximum absolute atomic E-state index is 13.5. The predicted molar refractivity (Wildman–Crippen MR) is 120 cm³/mol. The molecule has 34 heavy (non-hydrogen) atoms. The van der Waals surface area contributed by atoms with Crippen molar-refractivity contribution in [2.24, 2.45) is 4.99 Å². The second kappa shape index (κ2) is 8.88. The third-order valence-electron chi connectivity index (χ3n) is 6.52. The number of fused-ring (bicyclic) bond motifs is 2. The first kappa shape index (κ1) is 22.6. The minimum absolute atomic E-state index is 0.149. The number of hydrogen-bond acceptors (Lipinski definition) is 5. The summed E-state index contributed by atoms with van der Waals surface area (Å²) in [5.41, 5.74) is 2.35. The van der Waals surface area contributed by atoms with E-state index in [0.29, 0.717) is 49.7 Å². The SMILES string of the molecule is O=C1C2=C(CCN(CC(O)c3ccccc3)C2)N2CCN=C2N1Cc1ccc(C(F)(F)F)cc1. The topological polar surface area (TPSA) is 59.4 Å². The van der Waals surface area contributed by atoms with Crippen molar-refractivity contribution in [1.29, 1.82) is 0 Å². The molecule has 6 nitrogen and oxygen atoms in total. The summed E-state index contributed by atoms with van der Waals surface area (Å²) in [6.07, 6.45) is -4.38. The van der Waals surface area contributed by atoms with Crippen LogP contribution in [0, 0.1) is 0 Å². The van der Waals surface area contributed by atoms with Crippen molar-refractivity contribution in [2.75, 3.05) is 32.7 Å². The van der Waals surface area contributed by atoms with E-state index < -0.39 is 17.8 Å². The smallest absolute Gasteiger partial charge is 0.387 e. The Balaban J connectivity index is 1.34. The van der Waals surface area contributed by atoms with E-state index in [1.165, 1.54) is 12.1 Å². The number of aliphatic hydroxyl groups is 1. The number of benzene rings is 2. The first-order valence-corrected chi connectivity index (χ1v) is 11.3. The van der Waals surface area contributed by atoms with E-state index in [0.717, 1.165) is 29.9 Å². The van der Waals surface area contributed by atoms with Gasteiger partial charge in [0.05, 0.1) is 30.3 Å². The van der Waals surface area contributed by atoms with Gasteiger partial charge >= 0.3 is 6.18 Å². The third kappa shape index (κ3) is 4.33. The number of hydrogen-bond donors (Lipinski definition) is 1. The molecule has 2 aromatic rings. The predicted octanol–water partition coefficient (Wildman–Crippen LogP) is 3.41. The molecular weight excluding hydrogens is 445 g/mol. The van der Waals surface area contributed by atoms with Crippen LogP contribution in [0.25, 0.3) is 0 Å². The summed E-state index contributed by atoms with van der Waals surface area (Å²) in [6.45, 7) is 2.94. The summed E-state index contributed by atoms with van der Waals surface area (Å²) < 4.78 is 38.8. The fourth-order valence-corrected chi connectivity index (χ4v) is 4.78. The molecule has 0 saturated heterocycles. The maximum atomic E-state index is 13.5. The monoisotopic (exact) mass is 470 g/mol. The fraction of sp³-hybridized carbons (Fsp3) is 0.360. The van der Waals surface area contributed by atoms with Crippen LogP contribution in [0.15, 0.2) is 70.9 Å². The molecule has 3 heterocycles. The summed E-state index contributed by atoms with van der Waals surface area (Å²) >= 11 is 0. The Labute approximate surface area is 195 Å². The Hall–Kier alpha value is -3.17. The number of amides is 1. The zero-order valence-electron chi connectivity index (χ0n) is 18.5. The number of alkyl halides is 3. The van der Waals surface area contributed by atoms with Gasteiger partial charge in [0.15, 0.2) is 0 Å². The Morgan fingerprint density at radius 3 is 2.47 bits per heavy atom. The quantitative estimate of drug-likeness (QED) is 0.728. The molecular formula is C25H25F3N4O2. The van der Waals surface area contributed by atoms with Crippen molar-refractivity contribution in [2.45, 2.75) is 25.2 Å². The molecule has 0 radical (unpaired) electrons. The van der Waals surface area contributed by atoms with E-state index >= 15 is 0 Å². The third-order valence-corrected chi connectivity index (χ3v) is 6.52. The summed E-state index contributed by atoms with van der Waals surface area (Å²) in [4.78, 5) is 23.7. The molecule has 0 fully saturated rings. The number of nitrogens with zero attached hydrogens (tertiary/aromatic N) is 4. The average molecular weight is 470 g/mol. The number of guanidine groups is 1. The molecule has 0 aliphatic carbocycles. The lowest BCUT2D eigenvalue weighted by Gasteiger charge is -2.42. The molecule has 0 spiro atoms. The van der Waals surface area contributed by atoms with Gasteiger partial charge in [-0.1, -0.05) is 42.5 Å². The normalized spacial score (nSPS) is 19.8. The Bertz CT molecular complexity index is 1130. The average Bonchev–Trinajstić information content (AvgIpc) is 3.32. The van der Waals surface area contributed by atoms with Gasteiger partial charge in [0.1, 0.15) is 0 Å². The second-order valence-electron chi connectivity index (χ2n) is 8.76. The number of rotatable bonds is 5. The molecule has 3 aliphatic rings. The number of halogens is 3. The van der Waals surface area contributed by atoms with E-state index in [-0.39, 0.29) is 12.5 Å². The Morgan fingerprint density at radius 1 is 1.03 bits per heavy atom. The summed E-state index contributed by atoms with van der Waals surface area (Å²) in [5.74, 6) is 0.395. The van der Waals surface area contributed by atoms with Crippen LogP contribution in [0.1, 0.15) is 29.2 Å². The molecule has 1 unspecified atom stereocenters. The summed E-state index contributed by atoms with van der Waals surface area (Å²) in [6, 6.07) is 14.3. The summed E-state index contributed by atoms with van der Waals surface area (Å²) in [7, 11) is 0. The second-order valence-corrected chi connectivity index (χ2v) is 8.76. The van der Waals surface area contributed by atoms with Crippen molar-refractivity contribution < 1.29 is 23.1 Å².